The Labute approximate surface area is 151 Å². The van der Waals surface area contributed by atoms with Crippen molar-refractivity contribution in [3.8, 4) is 0 Å². The standard InChI is InChI=1S/C19H22N2O3S/c1-25-10-9-17(19(23)24)21-18(22)16-12-15(20)8-7-14(16)11-13-5-3-2-4-6-13/h2-8,12,17H,9-11,20H2,1H3,(H,21,22)(H,23,24)/t17-/m0/s1. The minimum absolute atomic E-state index is 0.374. The summed E-state index contributed by atoms with van der Waals surface area (Å²) in [5, 5.41) is 11.9. The Morgan fingerprint density at radius 2 is 1.92 bits per heavy atom. The van der Waals surface area contributed by atoms with Gasteiger partial charge in [-0.25, -0.2) is 4.79 Å². The van der Waals surface area contributed by atoms with Gasteiger partial charge in [0.1, 0.15) is 6.04 Å². The summed E-state index contributed by atoms with van der Waals surface area (Å²) in [5.41, 5.74) is 8.60. The molecule has 2 aromatic carbocycles. The number of nitrogens with one attached hydrogen (secondary N) is 1. The molecule has 25 heavy (non-hydrogen) atoms. The van der Waals surface area contributed by atoms with Gasteiger partial charge in [-0.05, 0) is 48.1 Å². The van der Waals surface area contributed by atoms with Crippen molar-refractivity contribution in [1.82, 2.24) is 5.32 Å². The van der Waals surface area contributed by atoms with Crippen LogP contribution in [0.2, 0.25) is 0 Å². The maximum absolute atomic E-state index is 12.6. The van der Waals surface area contributed by atoms with Crippen LogP contribution in [0.15, 0.2) is 48.5 Å². The molecule has 0 bridgehead atoms. The quantitative estimate of drug-likeness (QED) is 0.631. The maximum atomic E-state index is 12.6. The van der Waals surface area contributed by atoms with Crippen LogP contribution in [0, 0.1) is 0 Å². The average molecular weight is 358 g/mol. The smallest absolute Gasteiger partial charge is 0.326 e. The van der Waals surface area contributed by atoms with E-state index in [0.717, 1.165) is 11.1 Å². The predicted octanol–water partition coefficient (Wildman–Crippen LogP) is 2.80. The highest BCUT2D eigenvalue weighted by Crippen LogP contribution is 2.18. The summed E-state index contributed by atoms with van der Waals surface area (Å²) in [4.78, 5) is 24.0. The minimum Gasteiger partial charge on any atom is -0.480 e. The number of carbonyl (C=O) groups is 2. The van der Waals surface area contributed by atoms with E-state index in [1.54, 1.807) is 23.9 Å². The molecule has 0 saturated carbocycles. The number of nitrogens with two attached hydrogens (primary N) is 1. The highest BCUT2D eigenvalue weighted by molar-refractivity contribution is 7.98. The van der Waals surface area contributed by atoms with Crippen LogP contribution in [-0.4, -0.2) is 35.0 Å². The Kier molecular flexibility index (Phi) is 6.89. The van der Waals surface area contributed by atoms with Gasteiger partial charge in [0.05, 0.1) is 0 Å². The van der Waals surface area contributed by atoms with Crippen molar-refractivity contribution in [2.75, 3.05) is 17.7 Å². The molecule has 0 heterocycles. The van der Waals surface area contributed by atoms with Gasteiger partial charge in [-0.2, -0.15) is 11.8 Å². The van der Waals surface area contributed by atoms with Crippen molar-refractivity contribution in [3.63, 3.8) is 0 Å². The van der Waals surface area contributed by atoms with Crippen molar-refractivity contribution < 1.29 is 14.7 Å². The van der Waals surface area contributed by atoms with E-state index in [2.05, 4.69) is 5.32 Å². The third-order valence-electron chi connectivity index (χ3n) is 3.83. The van der Waals surface area contributed by atoms with Crippen LogP contribution < -0.4 is 11.1 Å². The van der Waals surface area contributed by atoms with Gasteiger partial charge in [0.15, 0.2) is 0 Å². The summed E-state index contributed by atoms with van der Waals surface area (Å²) in [7, 11) is 0. The lowest BCUT2D eigenvalue weighted by Crippen LogP contribution is -2.41. The van der Waals surface area contributed by atoms with E-state index in [-0.39, 0.29) is 0 Å². The molecular weight excluding hydrogens is 336 g/mol. The Balaban J connectivity index is 2.22. The first-order valence-corrected chi connectivity index (χ1v) is 9.35. The molecule has 6 heteroatoms. The average Bonchev–Trinajstić information content (AvgIpc) is 2.60. The van der Waals surface area contributed by atoms with E-state index in [4.69, 9.17) is 5.73 Å². The van der Waals surface area contributed by atoms with E-state index in [1.165, 1.54) is 0 Å². The van der Waals surface area contributed by atoms with Gasteiger partial charge >= 0.3 is 5.97 Å². The molecular formula is C19H22N2O3S. The van der Waals surface area contributed by atoms with E-state index in [0.29, 0.717) is 29.8 Å². The second kappa shape index (κ2) is 9.13. The summed E-state index contributed by atoms with van der Waals surface area (Å²) in [6, 6.07) is 14.0. The molecule has 2 aromatic rings. The van der Waals surface area contributed by atoms with Crippen molar-refractivity contribution in [2.24, 2.45) is 0 Å². The van der Waals surface area contributed by atoms with Crippen molar-refractivity contribution in [2.45, 2.75) is 18.9 Å². The molecule has 0 saturated heterocycles. The molecule has 0 aromatic heterocycles. The fourth-order valence-electron chi connectivity index (χ4n) is 2.50. The van der Waals surface area contributed by atoms with Crippen molar-refractivity contribution in [3.05, 3.63) is 65.2 Å². The fourth-order valence-corrected chi connectivity index (χ4v) is 2.98. The van der Waals surface area contributed by atoms with Crippen LogP contribution in [0.5, 0.6) is 0 Å². The summed E-state index contributed by atoms with van der Waals surface area (Å²) in [6.07, 6.45) is 2.85. The normalized spacial score (nSPS) is 11.7. The number of aliphatic carboxylic acids is 1. The molecule has 5 nitrogen and oxygen atoms in total. The monoisotopic (exact) mass is 358 g/mol. The van der Waals surface area contributed by atoms with E-state index >= 15 is 0 Å². The largest absolute Gasteiger partial charge is 0.480 e. The summed E-state index contributed by atoms with van der Waals surface area (Å²) in [6.45, 7) is 0. The third kappa shape index (κ3) is 5.53. The van der Waals surface area contributed by atoms with Crippen molar-refractivity contribution in [1.29, 1.82) is 0 Å². The van der Waals surface area contributed by atoms with Gasteiger partial charge in [0, 0.05) is 11.3 Å². The zero-order valence-electron chi connectivity index (χ0n) is 14.1. The zero-order chi connectivity index (χ0) is 18.2. The number of carboxylic acid groups (broad SMARTS) is 1. The molecule has 0 aliphatic heterocycles. The van der Waals surface area contributed by atoms with Crippen LogP contribution in [0.3, 0.4) is 0 Å². The minimum atomic E-state index is -1.03. The predicted molar refractivity (Wildman–Crippen MR) is 102 cm³/mol. The van der Waals surface area contributed by atoms with E-state index < -0.39 is 17.9 Å². The first-order valence-electron chi connectivity index (χ1n) is 7.96. The van der Waals surface area contributed by atoms with E-state index in [9.17, 15) is 14.7 Å². The van der Waals surface area contributed by atoms with Gasteiger partial charge < -0.3 is 16.2 Å². The molecule has 0 spiro atoms. The zero-order valence-corrected chi connectivity index (χ0v) is 14.9. The van der Waals surface area contributed by atoms with Crippen LogP contribution in [0.1, 0.15) is 27.9 Å². The lowest BCUT2D eigenvalue weighted by atomic mass is 9.98. The number of thioether (sulfide) groups is 1. The first-order chi connectivity index (χ1) is 12.0. The van der Waals surface area contributed by atoms with E-state index in [1.807, 2.05) is 42.7 Å². The molecule has 0 fully saturated rings. The summed E-state index contributed by atoms with van der Waals surface area (Å²) in [5.74, 6) is -0.784. The number of nitrogen functional groups attached to an aromatic ring is 1. The molecule has 1 atom stereocenters. The molecule has 1 amide bonds. The van der Waals surface area contributed by atoms with Crippen LogP contribution in [-0.2, 0) is 11.2 Å². The highest BCUT2D eigenvalue weighted by Gasteiger charge is 2.21. The number of hydrogen-bond donors (Lipinski definition) is 3. The number of anilines is 1. The van der Waals surface area contributed by atoms with Crippen molar-refractivity contribution >= 4 is 29.3 Å². The lowest BCUT2D eigenvalue weighted by Gasteiger charge is -2.16. The van der Waals surface area contributed by atoms with Gasteiger partial charge in [-0.15, -0.1) is 0 Å². The number of amides is 1. The first kappa shape index (κ1) is 18.9. The Morgan fingerprint density at radius 1 is 1.20 bits per heavy atom. The highest BCUT2D eigenvalue weighted by atomic mass is 32.2. The molecule has 4 N–H and O–H groups in total. The molecule has 0 aliphatic rings. The fraction of sp³-hybridized carbons (Fsp3) is 0.263. The number of carbonyl (C=O) groups excluding carboxylic acids is 1. The Hall–Kier alpha value is -2.47. The summed E-state index contributed by atoms with van der Waals surface area (Å²) >= 11 is 1.54. The van der Waals surface area contributed by atoms with Gasteiger partial charge in [-0.3, -0.25) is 4.79 Å². The van der Waals surface area contributed by atoms with Gasteiger partial charge in [0.2, 0.25) is 0 Å². The Bertz CT molecular complexity index is 735. The molecule has 0 unspecified atom stereocenters. The Morgan fingerprint density at radius 3 is 2.56 bits per heavy atom. The SMILES string of the molecule is CSCC[C@H](NC(=O)c1cc(N)ccc1Cc1ccccc1)C(=O)O. The van der Waals surface area contributed by atoms with Crippen LogP contribution in [0.25, 0.3) is 0 Å². The van der Waals surface area contributed by atoms with Gasteiger partial charge in [0.25, 0.3) is 5.91 Å². The molecule has 2 rings (SSSR count). The maximum Gasteiger partial charge on any atom is 0.326 e. The molecule has 0 aliphatic carbocycles. The number of carboxylic acids is 1. The lowest BCUT2D eigenvalue weighted by molar-refractivity contribution is -0.139. The second-order valence-electron chi connectivity index (χ2n) is 5.72. The molecule has 132 valence electrons. The van der Waals surface area contributed by atoms with Crippen LogP contribution in [0.4, 0.5) is 5.69 Å². The topological polar surface area (TPSA) is 92.4 Å². The molecule has 0 radical (unpaired) electrons. The number of rotatable bonds is 8. The second-order valence-corrected chi connectivity index (χ2v) is 6.71. The number of benzene rings is 2. The summed E-state index contributed by atoms with van der Waals surface area (Å²) < 4.78 is 0. The van der Waals surface area contributed by atoms with Gasteiger partial charge in [-0.1, -0.05) is 36.4 Å². The third-order valence-corrected chi connectivity index (χ3v) is 4.47. The number of hydrogen-bond acceptors (Lipinski definition) is 4. The van der Waals surface area contributed by atoms with Crippen LogP contribution >= 0.6 is 11.8 Å².